The van der Waals surface area contributed by atoms with E-state index in [9.17, 15) is 5.11 Å². The van der Waals surface area contributed by atoms with E-state index in [1.165, 1.54) is 44.5 Å². The molecule has 210 valence electrons. The summed E-state index contributed by atoms with van der Waals surface area (Å²) in [4.78, 5) is 8.06. The summed E-state index contributed by atoms with van der Waals surface area (Å²) in [5.74, 6) is 1.85. The first-order valence-corrected chi connectivity index (χ1v) is 16.8. The monoisotopic (exact) mass is 649 g/mol. The van der Waals surface area contributed by atoms with Crippen molar-refractivity contribution in [2.45, 2.75) is 88.3 Å². The van der Waals surface area contributed by atoms with Crippen LogP contribution in [0.1, 0.15) is 74.9 Å². The number of fused-ring (bicyclic) bond motifs is 2. The molecule has 0 spiro atoms. The maximum atomic E-state index is 9.93. The van der Waals surface area contributed by atoms with Gasteiger partial charge in [0.25, 0.3) is 0 Å². The third kappa shape index (κ3) is 5.16. The van der Waals surface area contributed by atoms with Crippen LogP contribution in [0.5, 0.6) is 0 Å². The van der Waals surface area contributed by atoms with Crippen LogP contribution in [0, 0.1) is 10.5 Å². The molecule has 6 rings (SSSR count). The Kier molecular flexibility index (Phi) is 7.90. The molecule has 0 saturated carbocycles. The molecule has 1 aliphatic heterocycles. The van der Waals surface area contributed by atoms with Crippen molar-refractivity contribution in [1.82, 2.24) is 25.6 Å². The van der Waals surface area contributed by atoms with E-state index in [2.05, 4.69) is 88.8 Å². The molecule has 0 saturated heterocycles. The number of nitrogens with one attached hydrogen (secondary N) is 1. The van der Waals surface area contributed by atoms with Crippen LogP contribution in [0.3, 0.4) is 0 Å². The zero-order valence-electron chi connectivity index (χ0n) is 23.7. The zero-order valence-corrected chi connectivity index (χ0v) is 25.9. The first-order valence-electron chi connectivity index (χ1n) is 14.5. The van der Waals surface area contributed by atoms with Crippen LogP contribution < -0.4 is 26.1 Å². The van der Waals surface area contributed by atoms with Crippen LogP contribution in [-0.2, 0) is 12.8 Å². The van der Waals surface area contributed by atoms with Gasteiger partial charge in [0.15, 0.2) is 0 Å². The van der Waals surface area contributed by atoms with Gasteiger partial charge >= 0.3 is 238 Å². The van der Waals surface area contributed by atoms with Crippen molar-refractivity contribution in [1.29, 1.82) is 0 Å². The number of aliphatic hydroxyl groups excluding tert-OH is 1. The van der Waals surface area contributed by atoms with E-state index in [4.69, 9.17) is 4.98 Å². The fourth-order valence-electron chi connectivity index (χ4n) is 6.42. The van der Waals surface area contributed by atoms with E-state index >= 15 is 0 Å². The predicted octanol–water partition coefficient (Wildman–Crippen LogP) is 2.87. The Morgan fingerprint density at radius 3 is 2.73 bits per heavy atom. The van der Waals surface area contributed by atoms with E-state index in [1.807, 2.05) is 13.0 Å². The number of benzene rings is 2. The van der Waals surface area contributed by atoms with Gasteiger partial charge in [-0.15, -0.1) is 0 Å². The number of H-pyrrole nitrogens is 1. The standard InChI is InChI=1S/C32H38IN6O/c1-5-8-28-21(4)33-30-19(2)17-24(14-11-20(3)40)34-32(30)39(28)29-16-13-23-18-22(12-15-26(23)29)25-9-6-7-10-27(25)31-35-37-38-36-31/h6-7,9-10,12,15,17-18,20-21,28-29,40H,5,8,11,13-14,16H2,1-4H3,(H,35,36,37,38)/q-1/t20-,21-,28?,29-/m0/s1. The number of tetrazole rings is 1. The SMILES string of the molecule is CCCC1[C@H](C)[I-]c2c(C)cc(CC[C@H](C)O)nc2N1[C@H]1CCc2cc(-c3ccccc3-c3nn[nH]n3)ccc21. The zero-order chi connectivity index (χ0) is 27.8. The van der Waals surface area contributed by atoms with Gasteiger partial charge in [-0.3, -0.25) is 0 Å². The van der Waals surface area contributed by atoms with Crippen LogP contribution in [0.15, 0.2) is 48.5 Å². The van der Waals surface area contributed by atoms with Crippen molar-refractivity contribution >= 4 is 5.82 Å². The number of aromatic nitrogens is 5. The summed E-state index contributed by atoms with van der Waals surface area (Å²) in [5.41, 5.74) is 8.67. The number of nitrogens with zero attached hydrogens (tertiary/aromatic N) is 5. The number of pyridine rings is 1. The summed E-state index contributed by atoms with van der Waals surface area (Å²) < 4.78 is 2.19. The average molecular weight is 650 g/mol. The summed E-state index contributed by atoms with van der Waals surface area (Å²) in [7, 11) is 0. The fraction of sp³-hybridized carbons (Fsp3) is 0.438. The quantitative estimate of drug-likeness (QED) is 0.226. The molecule has 0 amide bonds. The Labute approximate surface area is 247 Å². The van der Waals surface area contributed by atoms with E-state index in [-0.39, 0.29) is 27.3 Å². The summed E-state index contributed by atoms with van der Waals surface area (Å²) >= 11 is -0.120. The van der Waals surface area contributed by atoms with Crippen LogP contribution in [-0.4, -0.2) is 46.8 Å². The summed E-state index contributed by atoms with van der Waals surface area (Å²) in [6.45, 7) is 8.92. The molecule has 0 bridgehead atoms. The first-order chi connectivity index (χ1) is 19.4. The molecule has 0 radical (unpaired) electrons. The van der Waals surface area contributed by atoms with Gasteiger partial charge in [-0.05, 0) is 5.21 Å². The topological polar surface area (TPSA) is 90.8 Å². The Morgan fingerprint density at radius 2 is 1.98 bits per heavy atom. The number of hydrogen-bond donors (Lipinski definition) is 2. The van der Waals surface area contributed by atoms with Gasteiger partial charge in [0, 0.05) is 0 Å². The number of anilines is 1. The Balaban J connectivity index is 1.40. The minimum atomic E-state index is -0.310. The maximum absolute atomic E-state index is 9.93. The van der Waals surface area contributed by atoms with Crippen molar-refractivity contribution in [3.63, 3.8) is 0 Å². The number of halogens is 1. The molecular weight excluding hydrogens is 611 g/mol. The van der Waals surface area contributed by atoms with Crippen molar-refractivity contribution in [2.24, 2.45) is 0 Å². The molecule has 7 nitrogen and oxygen atoms in total. The third-order valence-corrected chi connectivity index (χ3v) is 12.1. The molecule has 1 aliphatic carbocycles. The van der Waals surface area contributed by atoms with Crippen molar-refractivity contribution in [2.75, 3.05) is 4.90 Å². The van der Waals surface area contributed by atoms with Crippen LogP contribution in [0.2, 0.25) is 0 Å². The second kappa shape index (κ2) is 11.6. The molecule has 2 aliphatic rings. The number of aryl methyl sites for hydroxylation is 3. The Morgan fingerprint density at radius 1 is 1.15 bits per heavy atom. The minimum absolute atomic E-state index is 0.120. The summed E-state index contributed by atoms with van der Waals surface area (Å²) in [6, 6.07) is 18.4. The molecule has 0 fully saturated rings. The van der Waals surface area contributed by atoms with Gasteiger partial charge < -0.3 is 0 Å². The predicted molar refractivity (Wildman–Crippen MR) is 154 cm³/mol. The summed E-state index contributed by atoms with van der Waals surface area (Å²) in [5, 5.41) is 24.8. The number of alkyl halides is 1. The molecule has 8 heteroatoms. The normalized spacial score (nSPS) is 21.0. The van der Waals surface area contributed by atoms with E-state index < -0.39 is 0 Å². The van der Waals surface area contributed by atoms with Gasteiger partial charge in [0.1, 0.15) is 0 Å². The van der Waals surface area contributed by atoms with Crippen molar-refractivity contribution in [3.8, 4) is 22.5 Å². The van der Waals surface area contributed by atoms with Crippen LogP contribution >= 0.6 is 0 Å². The van der Waals surface area contributed by atoms with E-state index in [1.54, 1.807) is 0 Å². The molecule has 4 atom stereocenters. The number of aromatic amines is 1. The molecule has 40 heavy (non-hydrogen) atoms. The average Bonchev–Trinajstić information content (AvgIpc) is 3.63. The fourth-order valence-corrected chi connectivity index (χ4v) is 9.85. The summed E-state index contributed by atoms with van der Waals surface area (Å²) in [6.07, 6.45) is 5.79. The van der Waals surface area contributed by atoms with Crippen molar-refractivity contribution in [3.05, 3.63) is 74.5 Å². The van der Waals surface area contributed by atoms with Gasteiger partial charge in [0.2, 0.25) is 0 Å². The van der Waals surface area contributed by atoms with Crippen LogP contribution in [0.4, 0.5) is 5.82 Å². The molecular formula is C32H38IN6O-. The number of rotatable bonds is 8. The van der Waals surface area contributed by atoms with Gasteiger partial charge in [-0.1, -0.05) is 0 Å². The Hall–Kier alpha value is -2.85. The Bertz CT molecular complexity index is 1490. The van der Waals surface area contributed by atoms with E-state index in [0.29, 0.717) is 21.8 Å². The second-order valence-corrected chi connectivity index (χ2v) is 14.9. The van der Waals surface area contributed by atoms with Gasteiger partial charge in [0.05, 0.1) is 0 Å². The number of hydrogen-bond acceptors (Lipinski definition) is 6. The molecule has 3 heterocycles. The molecule has 2 aromatic carbocycles. The molecule has 4 aromatic rings. The molecule has 2 aromatic heterocycles. The third-order valence-electron chi connectivity index (χ3n) is 8.34. The number of aliphatic hydroxyl groups is 1. The van der Waals surface area contributed by atoms with Gasteiger partial charge in [-0.25, -0.2) is 0 Å². The van der Waals surface area contributed by atoms with Gasteiger partial charge in [-0.2, -0.15) is 5.21 Å². The van der Waals surface area contributed by atoms with Crippen LogP contribution in [0.25, 0.3) is 22.5 Å². The van der Waals surface area contributed by atoms with E-state index in [0.717, 1.165) is 42.5 Å². The second-order valence-electron chi connectivity index (χ2n) is 11.3. The first kappa shape index (κ1) is 27.3. The van der Waals surface area contributed by atoms with Crippen molar-refractivity contribution < 1.29 is 26.3 Å². The molecule has 1 unspecified atom stereocenters. The molecule has 2 N–H and O–H groups in total.